The molecule has 0 fully saturated rings. The summed E-state index contributed by atoms with van der Waals surface area (Å²) in [6.45, 7) is 0.166. The fourth-order valence-electron chi connectivity index (χ4n) is 2.53. The normalized spacial score (nSPS) is 11.3. The minimum Gasteiger partial charge on any atom is -0.341 e. The quantitative estimate of drug-likeness (QED) is 0.672. The standard InChI is InChI=1S/C19H16F3N5O/c1-27(9-5-17-25-8-4-16(26-17)19(20,21)22)18(28)15-10-14(11-24-12-15)13-2-6-23-7-3-13/h2-4,6-8,10-12H,5,9H2,1H3. The largest absolute Gasteiger partial charge is 0.433 e. The van der Waals surface area contributed by atoms with E-state index in [1.807, 2.05) is 0 Å². The molecule has 9 heteroatoms. The molecule has 0 bridgehead atoms. The van der Waals surface area contributed by atoms with Crippen LogP contribution >= 0.6 is 0 Å². The molecule has 0 aliphatic rings. The second-order valence-corrected chi connectivity index (χ2v) is 6.03. The Morgan fingerprint density at radius 1 is 1.04 bits per heavy atom. The summed E-state index contributed by atoms with van der Waals surface area (Å²) in [5, 5.41) is 0. The molecule has 0 N–H and O–H groups in total. The average Bonchev–Trinajstić information content (AvgIpc) is 2.72. The van der Waals surface area contributed by atoms with E-state index in [9.17, 15) is 18.0 Å². The zero-order valence-electron chi connectivity index (χ0n) is 14.9. The summed E-state index contributed by atoms with van der Waals surface area (Å²) < 4.78 is 38.2. The van der Waals surface area contributed by atoms with E-state index >= 15 is 0 Å². The Hall–Kier alpha value is -3.36. The number of pyridine rings is 2. The van der Waals surface area contributed by atoms with Gasteiger partial charge in [-0.05, 0) is 29.8 Å². The molecule has 1 amide bonds. The van der Waals surface area contributed by atoms with E-state index in [1.165, 1.54) is 11.1 Å². The Kier molecular flexibility index (Phi) is 5.62. The third-order valence-corrected chi connectivity index (χ3v) is 4.01. The van der Waals surface area contributed by atoms with Gasteiger partial charge in [0.25, 0.3) is 5.91 Å². The lowest BCUT2D eigenvalue weighted by Gasteiger charge is -2.17. The maximum Gasteiger partial charge on any atom is 0.433 e. The van der Waals surface area contributed by atoms with E-state index in [0.29, 0.717) is 5.56 Å². The number of hydrogen-bond donors (Lipinski definition) is 0. The molecule has 0 aliphatic heterocycles. The van der Waals surface area contributed by atoms with Crippen LogP contribution in [0.1, 0.15) is 21.9 Å². The van der Waals surface area contributed by atoms with Crippen LogP contribution in [0.3, 0.4) is 0 Å². The summed E-state index contributed by atoms with van der Waals surface area (Å²) in [7, 11) is 1.56. The summed E-state index contributed by atoms with van der Waals surface area (Å²) in [4.78, 5) is 29.4. The van der Waals surface area contributed by atoms with Gasteiger partial charge < -0.3 is 4.90 Å². The predicted octanol–water partition coefficient (Wildman–Crippen LogP) is 3.27. The number of alkyl halides is 3. The van der Waals surface area contributed by atoms with Crippen molar-refractivity contribution in [2.24, 2.45) is 0 Å². The van der Waals surface area contributed by atoms with Gasteiger partial charge in [0.15, 0.2) is 0 Å². The summed E-state index contributed by atoms with van der Waals surface area (Å²) in [6.07, 6.45) is 3.01. The SMILES string of the molecule is CN(CCc1nccc(C(F)(F)F)n1)C(=O)c1cncc(-c2ccncc2)c1. The second-order valence-electron chi connectivity index (χ2n) is 6.03. The Labute approximate surface area is 159 Å². The number of likely N-dealkylation sites (N-methyl/N-ethyl adjacent to an activating group) is 1. The topological polar surface area (TPSA) is 71.9 Å². The number of carbonyl (C=O) groups is 1. The van der Waals surface area contributed by atoms with E-state index in [2.05, 4.69) is 19.9 Å². The molecule has 3 rings (SSSR count). The summed E-state index contributed by atoms with van der Waals surface area (Å²) in [6, 6.07) is 6.14. The third kappa shape index (κ3) is 4.67. The fraction of sp³-hybridized carbons (Fsp3) is 0.211. The van der Waals surface area contributed by atoms with Gasteiger partial charge in [0.1, 0.15) is 11.5 Å². The van der Waals surface area contributed by atoms with Gasteiger partial charge in [0.05, 0.1) is 5.56 Å². The lowest BCUT2D eigenvalue weighted by molar-refractivity contribution is -0.141. The van der Waals surface area contributed by atoms with Crippen molar-refractivity contribution in [1.29, 1.82) is 0 Å². The van der Waals surface area contributed by atoms with Gasteiger partial charge in [-0.25, -0.2) is 9.97 Å². The summed E-state index contributed by atoms with van der Waals surface area (Å²) in [5.74, 6) is -0.270. The number of aromatic nitrogens is 4. The molecule has 0 spiro atoms. The molecule has 0 radical (unpaired) electrons. The van der Waals surface area contributed by atoms with E-state index < -0.39 is 11.9 Å². The molecule has 0 aliphatic carbocycles. The first-order chi connectivity index (χ1) is 13.3. The van der Waals surface area contributed by atoms with Crippen molar-refractivity contribution in [3.05, 3.63) is 72.3 Å². The highest BCUT2D eigenvalue weighted by Crippen LogP contribution is 2.27. The van der Waals surface area contributed by atoms with Gasteiger partial charge in [0, 0.05) is 56.6 Å². The second kappa shape index (κ2) is 8.12. The summed E-state index contributed by atoms with van der Waals surface area (Å²) in [5.41, 5.74) is 1.02. The van der Waals surface area contributed by atoms with Crippen molar-refractivity contribution in [3.63, 3.8) is 0 Å². The number of carbonyl (C=O) groups excluding carboxylic acids is 1. The maximum atomic E-state index is 12.7. The molecule has 3 heterocycles. The number of rotatable bonds is 5. The van der Waals surface area contributed by atoms with E-state index in [-0.39, 0.29) is 24.7 Å². The Bertz CT molecular complexity index is 963. The lowest BCUT2D eigenvalue weighted by Crippen LogP contribution is -2.29. The third-order valence-electron chi connectivity index (χ3n) is 4.01. The van der Waals surface area contributed by atoms with Gasteiger partial charge in [-0.15, -0.1) is 0 Å². The molecule has 28 heavy (non-hydrogen) atoms. The minimum atomic E-state index is -4.53. The highest BCUT2D eigenvalue weighted by molar-refractivity contribution is 5.94. The van der Waals surface area contributed by atoms with Gasteiger partial charge in [-0.2, -0.15) is 13.2 Å². The van der Waals surface area contributed by atoms with Crippen LogP contribution in [-0.2, 0) is 12.6 Å². The van der Waals surface area contributed by atoms with Gasteiger partial charge in [-0.1, -0.05) is 0 Å². The molecule has 3 aromatic rings. The van der Waals surface area contributed by atoms with Crippen LogP contribution in [0, 0.1) is 0 Å². The van der Waals surface area contributed by atoms with Gasteiger partial charge in [0.2, 0.25) is 0 Å². The number of amides is 1. The number of hydrogen-bond acceptors (Lipinski definition) is 5. The molecule has 0 saturated heterocycles. The van der Waals surface area contributed by atoms with Crippen LogP contribution in [0.15, 0.2) is 55.2 Å². The molecular formula is C19H16F3N5O. The molecule has 144 valence electrons. The zero-order valence-corrected chi connectivity index (χ0v) is 14.9. The summed E-state index contributed by atoms with van der Waals surface area (Å²) >= 11 is 0. The average molecular weight is 387 g/mol. The Morgan fingerprint density at radius 2 is 1.79 bits per heavy atom. The van der Waals surface area contributed by atoms with Crippen molar-refractivity contribution < 1.29 is 18.0 Å². The smallest absolute Gasteiger partial charge is 0.341 e. The number of halogens is 3. The van der Waals surface area contributed by atoms with Crippen LogP contribution < -0.4 is 0 Å². The van der Waals surface area contributed by atoms with Crippen molar-refractivity contribution in [2.45, 2.75) is 12.6 Å². The minimum absolute atomic E-state index is 0.0261. The van der Waals surface area contributed by atoms with Gasteiger partial charge in [-0.3, -0.25) is 14.8 Å². The molecule has 3 aromatic heterocycles. The first-order valence-electron chi connectivity index (χ1n) is 8.34. The maximum absolute atomic E-state index is 12.7. The van der Waals surface area contributed by atoms with Crippen LogP contribution in [0.2, 0.25) is 0 Å². The highest BCUT2D eigenvalue weighted by atomic mass is 19.4. The number of nitrogens with zero attached hydrogens (tertiary/aromatic N) is 5. The van der Waals surface area contributed by atoms with Crippen molar-refractivity contribution in [3.8, 4) is 11.1 Å². The molecule has 0 saturated carbocycles. The Morgan fingerprint density at radius 3 is 2.50 bits per heavy atom. The van der Waals surface area contributed by atoms with E-state index in [1.54, 1.807) is 43.8 Å². The molecular weight excluding hydrogens is 371 g/mol. The van der Waals surface area contributed by atoms with Crippen molar-refractivity contribution in [2.75, 3.05) is 13.6 Å². The zero-order chi connectivity index (χ0) is 20.1. The van der Waals surface area contributed by atoms with Crippen molar-refractivity contribution in [1.82, 2.24) is 24.8 Å². The first kappa shape index (κ1) is 19.4. The van der Waals surface area contributed by atoms with Crippen LogP contribution in [-0.4, -0.2) is 44.3 Å². The van der Waals surface area contributed by atoms with Crippen LogP contribution in [0.4, 0.5) is 13.2 Å². The monoisotopic (exact) mass is 387 g/mol. The van der Waals surface area contributed by atoms with E-state index in [0.717, 1.165) is 23.4 Å². The molecule has 0 atom stereocenters. The first-order valence-corrected chi connectivity index (χ1v) is 8.34. The highest BCUT2D eigenvalue weighted by Gasteiger charge is 2.32. The van der Waals surface area contributed by atoms with Gasteiger partial charge >= 0.3 is 6.18 Å². The van der Waals surface area contributed by atoms with Crippen molar-refractivity contribution >= 4 is 5.91 Å². The van der Waals surface area contributed by atoms with Crippen LogP contribution in [0.25, 0.3) is 11.1 Å². The van der Waals surface area contributed by atoms with E-state index in [4.69, 9.17) is 0 Å². The fourth-order valence-corrected chi connectivity index (χ4v) is 2.53. The predicted molar refractivity (Wildman–Crippen MR) is 95.2 cm³/mol. The lowest BCUT2D eigenvalue weighted by atomic mass is 10.1. The molecule has 0 aromatic carbocycles. The molecule has 0 unspecified atom stereocenters. The van der Waals surface area contributed by atoms with Crippen LogP contribution in [0.5, 0.6) is 0 Å². The molecule has 6 nitrogen and oxygen atoms in total. The Balaban J connectivity index is 1.69.